The van der Waals surface area contributed by atoms with Crippen LogP contribution in [0.3, 0.4) is 0 Å². The molecule has 1 aromatic carbocycles. The predicted octanol–water partition coefficient (Wildman–Crippen LogP) is 1.27. The molecular formula is C11H13N3O. The molecule has 0 fully saturated rings. The third-order valence-corrected chi connectivity index (χ3v) is 2.63. The van der Waals surface area contributed by atoms with Gasteiger partial charge in [0.2, 0.25) is 5.91 Å². The molecule has 0 saturated carbocycles. The van der Waals surface area contributed by atoms with E-state index in [0.717, 1.165) is 10.9 Å². The van der Waals surface area contributed by atoms with Gasteiger partial charge in [-0.15, -0.1) is 0 Å². The van der Waals surface area contributed by atoms with Gasteiger partial charge in [0.25, 0.3) is 0 Å². The third-order valence-electron chi connectivity index (χ3n) is 2.63. The van der Waals surface area contributed by atoms with Crippen molar-refractivity contribution in [2.75, 3.05) is 5.73 Å². The number of nitrogens with two attached hydrogens (primary N) is 2. The molecule has 4 N–H and O–H groups in total. The molecule has 0 aliphatic heterocycles. The molecule has 1 aromatic heterocycles. The molecule has 2 aromatic rings. The standard InChI is InChI=1S/C11H13N3O/c1-7(11(13)15)14-6-5-8-9(12)3-2-4-10(8)14/h2-7H,12H2,1H3,(H2,13,15). The molecule has 0 spiro atoms. The smallest absolute Gasteiger partial charge is 0.240 e. The van der Waals surface area contributed by atoms with Crippen molar-refractivity contribution < 1.29 is 4.79 Å². The van der Waals surface area contributed by atoms with Crippen molar-refractivity contribution in [3.8, 4) is 0 Å². The normalized spacial score (nSPS) is 12.9. The Morgan fingerprint density at radius 3 is 2.80 bits per heavy atom. The van der Waals surface area contributed by atoms with Gasteiger partial charge in [-0.1, -0.05) is 6.07 Å². The van der Waals surface area contributed by atoms with Crippen LogP contribution >= 0.6 is 0 Å². The number of carbonyl (C=O) groups is 1. The molecule has 0 aliphatic carbocycles. The number of fused-ring (bicyclic) bond motifs is 1. The average Bonchev–Trinajstić information content (AvgIpc) is 2.61. The van der Waals surface area contributed by atoms with Crippen LogP contribution in [-0.2, 0) is 4.79 Å². The zero-order chi connectivity index (χ0) is 11.0. The summed E-state index contributed by atoms with van der Waals surface area (Å²) in [6, 6.07) is 7.16. The average molecular weight is 203 g/mol. The van der Waals surface area contributed by atoms with Crippen LogP contribution in [0.2, 0.25) is 0 Å². The SMILES string of the molecule is CC(C(N)=O)n1ccc2c(N)cccc21. The quantitative estimate of drug-likeness (QED) is 0.721. The van der Waals surface area contributed by atoms with Crippen molar-refractivity contribution in [3.05, 3.63) is 30.5 Å². The Labute approximate surface area is 87.5 Å². The zero-order valence-electron chi connectivity index (χ0n) is 8.47. The lowest BCUT2D eigenvalue weighted by Gasteiger charge is -2.11. The van der Waals surface area contributed by atoms with Gasteiger partial charge < -0.3 is 16.0 Å². The Kier molecular flexibility index (Phi) is 2.11. The van der Waals surface area contributed by atoms with Crippen molar-refractivity contribution >= 4 is 22.5 Å². The van der Waals surface area contributed by atoms with Crippen LogP contribution < -0.4 is 11.5 Å². The topological polar surface area (TPSA) is 74.0 Å². The highest BCUT2D eigenvalue weighted by atomic mass is 16.1. The van der Waals surface area contributed by atoms with Gasteiger partial charge >= 0.3 is 0 Å². The lowest BCUT2D eigenvalue weighted by atomic mass is 10.2. The minimum atomic E-state index is -0.357. The number of hydrogen-bond donors (Lipinski definition) is 2. The van der Waals surface area contributed by atoms with Crippen molar-refractivity contribution in [1.82, 2.24) is 4.57 Å². The van der Waals surface area contributed by atoms with Crippen LogP contribution in [0.15, 0.2) is 30.5 Å². The minimum absolute atomic E-state index is 0.352. The first-order valence-electron chi connectivity index (χ1n) is 4.75. The van der Waals surface area contributed by atoms with E-state index >= 15 is 0 Å². The summed E-state index contributed by atoms with van der Waals surface area (Å²) in [5.74, 6) is -0.352. The highest BCUT2D eigenvalue weighted by molar-refractivity contribution is 5.92. The molecule has 0 saturated heterocycles. The molecule has 4 heteroatoms. The first-order chi connectivity index (χ1) is 7.11. The van der Waals surface area contributed by atoms with Crippen molar-refractivity contribution in [3.63, 3.8) is 0 Å². The zero-order valence-corrected chi connectivity index (χ0v) is 8.47. The van der Waals surface area contributed by atoms with Crippen LogP contribution in [0.25, 0.3) is 10.9 Å². The van der Waals surface area contributed by atoms with E-state index in [4.69, 9.17) is 11.5 Å². The number of anilines is 1. The monoisotopic (exact) mass is 203 g/mol. The van der Waals surface area contributed by atoms with E-state index in [9.17, 15) is 4.79 Å². The van der Waals surface area contributed by atoms with Crippen LogP contribution in [0.1, 0.15) is 13.0 Å². The van der Waals surface area contributed by atoms with E-state index in [0.29, 0.717) is 5.69 Å². The van der Waals surface area contributed by atoms with Gasteiger partial charge in [0.1, 0.15) is 6.04 Å². The Hall–Kier alpha value is -1.97. The molecule has 1 heterocycles. The maximum Gasteiger partial charge on any atom is 0.240 e. The number of benzene rings is 1. The maximum absolute atomic E-state index is 11.1. The summed E-state index contributed by atoms with van der Waals surface area (Å²) in [5.41, 5.74) is 12.7. The second-order valence-corrected chi connectivity index (χ2v) is 3.58. The van der Waals surface area contributed by atoms with Crippen LogP contribution in [0.4, 0.5) is 5.69 Å². The fourth-order valence-electron chi connectivity index (χ4n) is 1.69. The first-order valence-corrected chi connectivity index (χ1v) is 4.75. The molecule has 2 rings (SSSR count). The largest absolute Gasteiger partial charge is 0.398 e. The Morgan fingerprint density at radius 1 is 1.40 bits per heavy atom. The summed E-state index contributed by atoms with van der Waals surface area (Å²) in [5, 5.41) is 0.950. The number of aromatic nitrogens is 1. The summed E-state index contributed by atoms with van der Waals surface area (Å²) >= 11 is 0. The number of nitrogens with zero attached hydrogens (tertiary/aromatic N) is 1. The van der Waals surface area contributed by atoms with Crippen molar-refractivity contribution in [2.45, 2.75) is 13.0 Å². The van der Waals surface area contributed by atoms with Gasteiger partial charge in [0.15, 0.2) is 0 Å². The lowest BCUT2D eigenvalue weighted by molar-refractivity contribution is -0.120. The summed E-state index contributed by atoms with van der Waals surface area (Å²) in [4.78, 5) is 11.1. The molecule has 0 radical (unpaired) electrons. The highest BCUT2D eigenvalue weighted by Crippen LogP contribution is 2.24. The summed E-state index contributed by atoms with van der Waals surface area (Å²) in [7, 11) is 0. The summed E-state index contributed by atoms with van der Waals surface area (Å²) in [6.07, 6.45) is 1.83. The Bertz CT molecular complexity index is 516. The Morgan fingerprint density at radius 2 is 2.13 bits per heavy atom. The fraction of sp³-hybridized carbons (Fsp3) is 0.182. The fourth-order valence-corrected chi connectivity index (χ4v) is 1.69. The van der Waals surface area contributed by atoms with E-state index in [1.54, 1.807) is 6.92 Å². The van der Waals surface area contributed by atoms with E-state index in [2.05, 4.69) is 0 Å². The van der Waals surface area contributed by atoms with Crippen molar-refractivity contribution in [2.24, 2.45) is 5.73 Å². The molecule has 0 aliphatic rings. The maximum atomic E-state index is 11.1. The second kappa shape index (κ2) is 3.31. The van der Waals surface area contributed by atoms with Gasteiger partial charge in [-0.05, 0) is 25.1 Å². The van der Waals surface area contributed by atoms with Gasteiger partial charge in [0, 0.05) is 17.3 Å². The molecular weight excluding hydrogens is 190 g/mol. The van der Waals surface area contributed by atoms with Gasteiger partial charge in [0.05, 0.1) is 5.52 Å². The molecule has 1 atom stereocenters. The number of nitrogen functional groups attached to an aromatic ring is 1. The van der Waals surface area contributed by atoms with Gasteiger partial charge in [-0.3, -0.25) is 4.79 Å². The van der Waals surface area contributed by atoms with E-state index < -0.39 is 0 Å². The van der Waals surface area contributed by atoms with Gasteiger partial charge in [-0.25, -0.2) is 0 Å². The van der Waals surface area contributed by atoms with Crippen LogP contribution in [-0.4, -0.2) is 10.5 Å². The number of rotatable bonds is 2. The number of carbonyl (C=O) groups excluding carboxylic acids is 1. The molecule has 0 bridgehead atoms. The number of amides is 1. The molecule has 1 unspecified atom stereocenters. The lowest BCUT2D eigenvalue weighted by Crippen LogP contribution is -2.23. The molecule has 1 amide bonds. The van der Waals surface area contributed by atoms with Crippen LogP contribution in [0.5, 0.6) is 0 Å². The Balaban J connectivity index is 2.64. The minimum Gasteiger partial charge on any atom is -0.398 e. The summed E-state index contributed by atoms with van der Waals surface area (Å²) in [6.45, 7) is 1.77. The van der Waals surface area contributed by atoms with E-state index in [-0.39, 0.29) is 11.9 Å². The predicted molar refractivity (Wildman–Crippen MR) is 60.3 cm³/mol. The van der Waals surface area contributed by atoms with Crippen molar-refractivity contribution in [1.29, 1.82) is 0 Å². The summed E-state index contributed by atoms with van der Waals surface area (Å²) < 4.78 is 1.83. The molecule has 4 nitrogen and oxygen atoms in total. The number of primary amides is 1. The van der Waals surface area contributed by atoms with E-state index in [1.807, 2.05) is 35.0 Å². The van der Waals surface area contributed by atoms with Crippen LogP contribution in [0, 0.1) is 0 Å². The van der Waals surface area contributed by atoms with E-state index in [1.165, 1.54) is 0 Å². The molecule has 15 heavy (non-hydrogen) atoms. The molecule has 78 valence electrons. The van der Waals surface area contributed by atoms with Gasteiger partial charge in [-0.2, -0.15) is 0 Å². The highest BCUT2D eigenvalue weighted by Gasteiger charge is 2.13. The number of hydrogen-bond acceptors (Lipinski definition) is 2. The first kappa shape index (κ1) is 9.58. The second-order valence-electron chi connectivity index (χ2n) is 3.58. The third kappa shape index (κ3) is 1.44.